The maximum atomic E-state index is 12.8. The molecule has 2 aromatic rings. The topological polar surface area (TPSA) is 126 Å². The summed E-state index contributed by atoms with van der Waals surface area (Å²) in [6, 6.07) is 4.24. The highest BCUT2D eigenvalue weighted by Crippen LogP contribution is 2.38. The van der Waals surface area contributed by atoms with Crippen molar-refractivity contribution in [3.8, 4) is 5.75 Å². The Bertz CT molecular complexity index is 870. The van der Waals surface area contributed by atoms with Crippen LogP contribution < -0.4 is 5.43 Å². The monoisotopic (exact) mass is 336 g/mol. The number of hydrogen-bond donors (Lipinski definition) is 3. The van der Waals surface area contributed by atoms with Crippen LogP contribution in [0.4, 0.5) is 0 Å². The second-order valence-electron chi connectivity index (χ2n) is 5.56. The first-order chi connectivity index (χ1) is 11.4. The van der Waals surface area contributed by atoms with Crippen LogP contribution in [0, 0.1) is 0 Å². The van der Waals surface area contributed by atoms with Gasteiger partial charge in [-0.1, -0.05) is 6.07 Å². The molecular formula is C16H16O8. The van der Waals surface area contributed by atoms with Crippen molar-refractivity contribution < 1.29 is 34.0 Å². The Morgan fingerprint density at radius 3 is 2.71 bits per heavy atom. The van der Waals surface area contributed by atoms with Crippen molar-refractivity contribution in [3.05, 3.63) is 39.7 Å². The number of aliphatic hydroxyl groups is 2. The molecule has 0 bridgehead atoms. The summed E-state index contributed by atoms with van der Waals surface area (Å²) in [7, 11) is 2.31. The Labute approximate surface area is 135 Å². The minimum atomic E-state index is -2.67. The molecule has 0 saturated heterocycles. The van der Waals surface area contributed by atoms with E-state index >= 15 is 0 Å². The molecule has 0 fully saturated rings. The van der Waals surface area contributed by atoms with Gasteiger partial charge in [0.25, 0.3) is 0 Å². The van der Waals surface area contributed by atoms with Crippen molar-refractivity contribution in [2.75, 3.05) is 14.2 Å². The van der Waals surface area contributed by atoms with Crippen molar-refractivity contribution in [2.45, 2.75) is 24.2 Å². The highest BCUT2D eigenvalue weighted by atomic mass is 16.5. The first-order valence-electron chi connectivity index (χ1n) is 7.16. The van der Waals surface area contributed by atoms with Crippen LogP contribution >= 0.6 is 0 Å². The third kappa shape index (κ3) is 2.04. The summed E-state index contributed by atoms with van der Waals surface area (Å²) < 4.78 is 15.3. The number of ether oxygens (including phenoxy) is 2. The molecule has 1 aromatic heterocycles. The molecule has 3 atom stereocenters. The van der Waals surface area contributed by atoms with Gasteiger partial charge in [-0.15, -0.1) is 0 Å². The van der Waals surface area contributed by atoms with E-state index in [1.165, 1.54) is 25.3 Å². The number of methoxy groups -OCH3 is 2. The van der Waals surface area contributed by atoms with Crippen molar-refractivity contribution >= 4 is 16.9 Å². The second kappa shape index (κ2) is 5.59. The van der Waals surface area contributed by atoms with Gasteiger partial charge < -0.3 is 29.2 Å². The Balaban J connectivity index is 2.42. The standard InChI is InChI=1S/C16H16O8/c1-22-10-6-9-12(16(21,14(10)19)15(20)23-2)13(18)11-7(17)4-3-5-8(11)24-9/h3-5,10,14,17,19,21H,6H2,1-2H3/t10-,14-,16-/m1/s1. The zero-order valence-corrected chi connectivity index (χ0v) is 13.0. The van der Waals surface area contributed by atoms with Crippen molar-refractivity contribution in [1.29, 1.82) is 0 Å². The molecular weight excluding hydrogens is 320 g/mol. The summed E-state index contributed by atoms with van der Waals surface area (Å²) in [5.74, 6) is -1.59. The molecule has 0 amide bonds. The van der Waals surface area contributed by atoms with Gasteiger partial charge in [0.2, 0.25) is 11.0 Å². The lowest BCUT2D eigenvalue weighted by Crippen LogP contribution is -2.59. The summed E-state index contributed by atoms with van der Waals surface area (Å²) in [5.41, 5.74) is -3.84. The lowest BCUT2D eigenvalue weighted by molar-refractivity contribution is -0.194. The lowest BCUT2D eigenvalue weighted by Gasteiger charge is -2.38. The van der Waals surface area contributed by atoms with Gasteiger partial charge in [-0.3, -0.25) is 4.79 Å². The van der Waals surface area contributed by atoms with Gasteiger partial charge in [-0.25, -0.2) is 4.79 Å². The lowest BCUT2D eigenvalue weighted by atomic mass is 9.77. The maximum Gasteiger partial charge on any atom is 0.345 e. The molecule has 0 saturated carbocycles. The van der Waals surface area contributed by atoms with Crippen LogP contribution in [0.15, 0.2) is 27.4 Å². The second-order valence-corrected chi connectivity index (χ2v) is 5.56. The van der Waals surface area contributed by atoms with E-state index < -0.39 is 34.8 Å². The van der Waals surface area contributed by atoms with E-state index in [1.54, 1.807) is 0 Å². The summed E-state index contributed by atoms with van der Waals surface area (Å²) in [6.07, 6.45) is -2.76. The van der Waals surface area contributed by atoms with Crippen LogP contribution in [0.5, 0.6) is 5.75 Å². The number of phenols is 1. The van der Waals surface area contributed by atoms with Crippen molar-refractivity contribution in [1.82, 2.24) is 0 Å². The van der Waals surface area contributed by atoms with Gasteiger partial charge in [-0.05, 0) is 12.1 Å². The number of carbonyl (C=O) groups is 1. The van der Waals surface area contributed by atoms with E-state index in [2.05, 4.69) is 4.74 Å². The van der Waals surface area contributed by atoms with E-state index in [1.807, 2.05) is 0 Å². The predicted octanol–water partition coefficient (Wildman–Crippen LogP) is -0.209. The van der Waals surface area contributed by atoms with E-state index in [-0.39, 0.29) is 28.9 Å². The molecule has 3 N–H and O–H groups in total. The molecule has 1 aromatic carbocycles. The van der Waals surface area contributed by atoms with Crippen molar-refractivity contribution in [3.63, 3.8) is 0 Å². The summed E-state index contributed by atoms with van der Waals surface area (Å²) in [5, 5.41) is 31.0. The fourth-order valence-electron chi connectivity index (χ4n) is 3.10. The van der Waals surface area contributed by atoms with Crippen LogP contribution in [0.1, 0.15) is 11.3 Å². The molecule has 24 heavy (non-hydrogen) atoms. The van der Waals surface area contributed by atoms with E-state index in [0.717, 1.165) is 7.11 Å². The molecule has 128 valence electrons. The fraction of sp³-hybridized carbons (Fsp3) is 0.375. The molecule has 0 unspecified atom stereocenters. The predicted molar refractivity (Wildman–Crippen MR) is 80.6 cm³/mol. The average molecular weight is 336 g/mol. The average Bonchev–Trinajstić information content (AvgIpc) is 2.56. The van der Waals surface area contributed by atoms with Gasteiger partial charge in [0, 0.05) is 13.5 Å². The molecule has 3 rings (SSSR count). The van der Waals surface area contributed by atoms with Gasteiger partial charge in [0.1, 0.15) is 28.6 Å². The molecule has 0 aliphatic heterocycles. The molecule has 0 spiro atoms. The third-order valence-electron chi connectivity index (χ3n) is 4.32. The molecule has 8 nitrogen and oxygen atoms in total. The minimum absolute atomic E-state index is 0.0110. The fourth-order valence-corrected chi connectivity index (χ4v) is 3.10. The number of rotatable bonds is 2. The molecule has 1 aliphatic carbocycles. The first kappa shape index (κ1) is 16.4. The molecule has 1 aliphatic rings. The number of hydrogen-bond acceptors (Lipinski definition) is 8. The van der Waals surface area contributed by atoms with Gasteiger partial charge >= 0.3 is 5.97 Å². The number of esters is 1. The minimum Gasteiger partial charge on any atom is -0.507 e. The number of aromatic hydroxyl groups is 1. The van der Waals surface area contributed by atoms with Crippen LogP contribution in [-0.2, 0) is 26.3 Å². The molecule has 8 heteroatoms. The zero-order chi connectivity index (χ0) is 17.6. The Morgan fingerprint density at radius 1 is 1.38 bits per heavy atom. The van der Waals surface area contributed by atoms with E-state index in [0.29, 0.717) is 0 Å². The van der Waals surface area contributed by atoms with Gasteiger partial charge in [0.05, 0.1) is 18.8 Å². The van der Waals surface area contributed by atoms with Crippen LogP contribution in [0.25, 0.3) is 11.0 Å². The first-order valence-corrected chi connectivity index (χ1v) is 7.16. The number of fused-ring (bicyclic) bond motifs is 2. The Kier molecular flexibility index (Phi) is 3.83. The van der Waals surface area contributed by atoms with Gasteiger partial charge in [0.15, 0.2) is 0 Å². The quantitative estimate of drug-likeness (QED) is 0.643. The number of phenolic OH excluding ortho intramolecular Hbond substituents is 1. The largest absolute Gasteiger partial charge is 0.507 e. The van der Waals surface area contributed by atoms with Crippen molar-refractivity contribution in [2.24, 2.45) is 0 Å². The van der Waals surface area contributed by atoms with E-state index in [4.69, 9.17) is 9.15 Å². The normalized spacial score (nSPS) is 26.2. The third-order valence-corrected chi connectivity index (χ3v) is 4.32. The summed E-state index contributed by atoms with van der Waals surface area (Å²) in [4.78, 5) is 25.0. The number of aliphatic hydroxyl groups excluding tert-OH is 1. The zero-order valence-electron chi connectivity index (χ0n) is 13.0. The van der Waals surface area contributed by atoms with Crippen LogP contribution in [0.2, 0.25) is 0 Å². The maximum absolute atomic E-state index is 12.8. The summed E-state index contributed by atoms with van der Waals surface area (Å²) in [6.45, 7) is 0. The number of carbonyl (C=O) groups excluding carboxylic acids is 1. The number of benzene rings is 1. The van der Waals surface area contributed by atoms with Crippen LogP contribution in [-0.4, -0.2) is 47.7 Å². The Morgan fingerprint density at radius 2 is 2.08 bits per heavy atom. The SMILES string of the molecule is COC(=O)[C@@]1(O)c2c(oc3cccc(O)c3c2=O)C[C@@H](OC)[C@H]1O. The highest BCUT2D eigenvalue weighted by Gasteiger charge is 2.56. The van der Waals surface area contributed by atoms with Crippen LogP contribution in [0.3, 0.4) is 0 Å². The molecule has 0 radical (unpaired) electrons. The molecule has 1 heterocycles. The van der Waals surface area contributed by atoms with Gasteiger partial charge in [-0.2, -0.15) is 0 Å². The summed E-state index contributed by atoms with van der Waals surface area (Å²) >= 11 is 0. The smallest absolute Gasteiger partial charge is 0.345 e. The highest BCUT2D eigenvalue weighted by molar-refractivity contribution is 5.88. The Hall–Kier alpha value is -2.42. The van der Waals surface area contributed by atoms with E-state index in [9.17, 15) is 24.9 Å².